The minimum absolute atomic E-state index is 0.283. The lowest BCUT2D eigenvalue weighted by Crippen LogP contribution is -2.25. The van der Waals surface area contributed by atoms with Crippen LogP contribution in [0.25, 0.3) is 0 Å². The average Bonchev–Trinajstić information content (AvgIpc) is 2.03. The number of ether oxygens (including phenoxy) is 1. The molecule has 1 aromatic heterocycles. The van der Waals surface area contributed by atoms with E-state index in [2.05, 4.69) is 25.9 Å². The molecule has 1 aromatic rings. The first-order valence-electron chi connectivity index (χ1n) is 4.20. The van der Waals surface area contributed by atoms with Gasteiger partial charge in [-0.05, 0) is 35.2 Å². The lowest BCUT2D eigenvalue weighted by atomic mass is 9.96. The SMILES string of the molecule is Nc1ncc(Br)nc1OC1CCC1. The van der Waals surface area contributed by atoms with Gasteiger partial charge in [0.15, 0.2) is 5.82 Å². The van der Waals surface area contributed by atoms with Crippen molar-refractivity contribution in [2.24, 2.45) is 0 Å². The smallest absolute Gasteiger partial charge is 0.258 e. The third-order valence-electron chi connectivity index (χ3n) is 2.07. The number of anilines is 1. The molecule has 0 aliphatic heterocycles. The molecule has 0 radical (unpaired) electrons. The largest absolute Gasteiger partial charge is 0.472 e. The Labute approximate surface area is 84.6 Å². The number of hydrogen-bond acceptors (Lipinski definition) is 4. The van der Waals surface area contributed by atoms with E-state index in [0.29, 0.717) is 16.3 Å². The summed E-state index contributed by atoms with van der Waals surface area (Å²) in [4.78, 5) is 8.03. The molecule has 2 N–H and O–H groups in total. The summed E-state index contributed by atoms with van der Waals surface area (Å²) in [5.41, 5.74) is 5.60. The molecule has 0 bridgehead atoms. The lowest BCUT2D eigenvalue weighted by molar-refractivity contribution is 0.115. The van der Waals surface area contributed by atoms with Crippen LogP contribution in [-0.2, 0) is 0 Å². The maximum absolute atomic E-state index is 5.60. The number of hydrogen-bond donors (Lipinski definition) is 1. The predicted molar refractivity (Wildman–Crippen MR) is 52.4 cm³/mol. The second kappa shape index (κ2) is 3.49. The van der Waals surface area contributed by atoms with E-state index in [9.17, 15) is 0 Å². The Bertz CT molecular complexity index is 314. The first kappa shape index (κ1) is 8.74. The summed E-state index contributed by atoms with van der Waals surface area (Å²) in [5, 5.41) is 0. The number of nitrogens with zero attached hydrogens (tertiary/aromatic N) is 2. The third-order valence-corrected chi connectivity index (χ3v) is 2.45. The van der Waals surface area contributed by atoms with Gasteiger partial charge in [-0.15, -0.1) is 0 Å². The number of halogens is 1. The van der Waals surface area contributed by atoms with Crippen LogP contribution in [0.2, 0.25) is 0 Å². The van der Waals surface area contributed by atoms with Gasteiger partial charge in [0.1, 0.15) is 10.7 Å². The second-order valence-corrected chi connectivity index (χ2v) is 3.87. The second-order valence-electron chi connectivity index (χ2n) is 3.05. The Morgan fingerprint density at radius 3 is 2.92 bits per heavy atom. The van der Waals surface area contributed by atoms with Crippen LogP contribution in [0.4, 0.5) is 5.82 Å². The maximum Gasteiger partial charge on any atom is 0.258 e. The molecular weight excluding hydrogens is 234 g/mol. The molecule has 0 amide bonds. The summed E-state index contributed by atoms with van der Waals surface area (Å²) >= 11 is 3.22. The van der Waals surface area contributed by atoms with Gasteiger partial charge in [0.25, 0.3) is 5.88 Å². The Morgan fingerprint density at radius 1 is 1.54 bits per heavy atom. The molecule has 0 unspecified atom stereocenters. The highest BCUT2D eigenvalue weighted by Gasteiger charge is 2.21. The van der Waals surface area contributed by atoms with Crippen molar-refractivity contribution in [2.45, 2.75) is 25.4 Å². The van der Waals surface area contributed by atoms with Crippen LogP contribution in [0, 0.1) is 0 Å². The molecule has 1 saturated carbocycles. The summed E-state index contributed by atoms with van der Waals surface area (Å²) in [5.74, 6) is 0.800. The molecule has 4 nitrogen and oxygen atoms in total. The van der Waals surface area contributed by atoms with E-state index in [1.165, 1.54) is 6.42 Å². The maximum atomic E-state index is 5.60. The summed E-state index contributed by atoms with van der Waals surface area (Å²) in [6, 6.07) is 0. The minimum Gasteiger partial charge on any atom is -0.472 e. The van der Waals surface area contributed by atoms with Crippen LogP contribution in [0.5, 0.6) is 5.88 Å². The summed E-state index contributed by atoms with van der Waals surface area (Å²) in [6.07, 6.45) is 5.25. The molecule has 1 fully saturated rings. The van der Waals surface area contributed by atoms with E-state index in [4.69, 9.17) is 10.5 Å². The molecule has 0 spiro atoms. The molecule has 5 heteroatoms. The number of nitrogen functional groups attached to an aromatic ring is 1. The van der Waals surface area contributed by atoms with E-state index in [0.717, 1.165) is 12.8 Å². The fraction of sp³-hybridized carbons (Fsp3) is 0.500. The standard InChI is InChI=1S/C8H10BrN3O/c9-6-4-11-7(10)8(12-6)13-5-2-1-3-5/h4-5H,1-3H2,(H2,10,11). The van der Waals surface area contributed by atoms with Gasteiger partial charge in [-0.1, -0.05) is 0 Å². The van der Waals surface area contributed by atoms with Gasteiger partial charge >= 0.3 is 0 Å². The first-order valence-corrected chi connectivity index (χ1v) is 4.99. The number of aromatic nitrogens is 2. The Hall–Kier alpha value is -0.840. The highest BCUT2D eigenvalue weighted by Crippen LogP contribution is 2.27. The Kier molecular flexibility index (Phi) is 2.35. The molecule has 1 aliphatic rings. The van der Waals surface area contributed by atoms with Gasteiger partial charge in [0.05, 0.1) is 6.20 Å². The Morgan fingerprint density at radius 2 is 2.31 bits per heavy atom. The fourth-order valence-electron chi connectivity index (χ4n) is 1.09. The minimum atomic E-state index is 0.283. The normalized spacial score (nSPS) is 16.7. The van der Waals surface area contributed by atoms with Crippen LogP contribution in [0.3, 0.4) is 0 Å². The topological polar surface area (TPSA) is 61.0 Å². The predicted octanol–water partition coefficient (Wildman–Crippen LogP) is 1.75. The van der Waals surface area contributed by atoms with Crippen molar-refractivity contribution >= 4 is 21.7 Å². The van der Waals surface area contributed by atoms with Crippen molar-refractivity contribution in [1.29, 1.82) is 0 Å². The summed E-state index contributed by atoms with van der Waals surface area (Å²) < 4.78 is 6.18. The quantitative estimate of drug-likeness (QED) is 0.860. The van der Waals surface area contributed by atoms with Crippen LogP contribution in [0.15, 0.2) is 10.8 Å². The van der Waals surface area contributed by atoms with E-state index in [-0.39, 0.29) is 6.10 Å². The summed E-state index contributed by atoms with van der Waals surface area (Å²) in [7, 11) is 0. The lowest BCUT2D eigenvalue weighted by Gasteiger charge is -2.25. The highest BCUT2D eigenvalue weighted by molar-refractivity contribution is 9.10. The highest BCUT2D eigenvalue weighted by atomic mass is 79.9. The van der Waals surface area contributed by atoms with Gasteiger partial charge in [-0.25, -0.2) is 9.97 Å². The van der Waals surface area contributed by atoms with E-state index < -0.39 is 0 Å². The van der Waals surface area contributed by atoms with Crippen LogP contribution in [0.1, 0.15) is 19.3 Å². The van der Waals surface area contributed by atoms with Gasteiger partial charge < -0.3 is 10.5 Å². The molecule has 1 aliphatic carbocycles. The Balaban J connectivity index is 2.13. The zero-order valence-electron chi connectivity index (χ0n) is 7.03. The molecule has 13 heavy (non-hydrogen) atoms. The van der Waals surface area contributed by atoms with E-state index in [1.807, 2.05) is 0 Å². The van der Waals surface area contributed by atoms with Crippen molar-refractivity contribution in [1.82, 2.24) is 9.97 Å². The van der Waals surface area contributed by atoms with Crippen molar-refractivity contribution in [2.75, 3.05) is 5.73 Å². The van der Waals surface area contributed by atoms with Gasteiger partial charge in [-0.3, -0.25) is 0 Å². The summed E-state index contributed by atoms with van der Waals surface area (Å²) in [6.45, 7) is 0. The van der Waals surface area contributed by atoms with E-state index in [1.54, 1.807) is 6.20 Å². The van der Waals surface area contributed by atoms with Crippen molar-refractivity contribution < 1.29 is 4.74 Å². The van der Waals surface area contributed by atoms with Crippen molar-refractivity contribution in [3.05, 3.63) is 10.8 Å². The molecule has 1 heterocycles. The van der Waals surface area contributed by atoms with Gasteiger partial charge in [0.2, 0.25) is 0 Å². The van der Waals surface area contributed by atoms with Crippen LogP contribution < -0.4 is 10.5 Å². The van der Waals surface area contributed by atoms with E-state index >= 15 is 0 Å². The first-order chi connectivity index (χ1) is 6.25. The fourth-order valence-corrected chi connectivity index (χ4v) is 1.36. The molecular formula is C8H10BrN3O. The van der Waals surface area contributed by atoms with Crippen molar-refractivity contribution in [3.63, 3.8) is 0 Å². The average molecular weight is 244 g/mol. The van der Waals surface area contributed by atoms with Crippen LogP contribution >= 0.6 is 15.9 Å². The molecule has 0 atom stereocenters. The molecule has 0 saturated heterocycles. The molecule has 2 rings (SSSR count). The monoisotopic (exact) mass is 243 g/mol. The number of nitrogens with two attached hydrogens (primary N) is 1. The zero-order valence-corrected chi connectivity index (χ0v) is 8.62. The number of rotatable bonds is 2. The molecule has 0 aromatic carbocycles. The van der Waals surface area contributed by atoms with Gasteiger partial charge in [0, 0.05) is 0 Å². The van der Waals surface area contributed by atoms with Crippen molar-refractivity contribution in [3.8, 4) is 5.88 Å². The zero-order chi connectivity index (χ0) is 9.26. The van der Waals surface area contributed by atoms with Crippen LogP contribution in [-0.4, -0.2) is 16.1 Å². The molecule has 70 valence electrons. The third kappa shape index (κ3) is 1.91. The van der Waals surface area contributed by atoms with Gasteiger partial charge in [-0.2, -0.15) is 0 Å².